The molecule has 2 N–H and O–H groups in total. The molecule has 0 saturated heterocycles. The molecule has 0 radical (unpaired) electrons. The third-order valence-corrected chi connectivity index (χ3v) is 4.19. The van der Waals surface area contributed by atoms with Crippen LogP contribution in [0.4, 0.5) is 0 Å². The van der Waals surface area contributed by atoms with Gasteiger partial charge in [0.2, 0.25) is 0 Å². The molecule has 0 aromatic heterocycles. The van der Waals surface area contributed by atoms with E-state index in [1.165, 1.54) is 13.3 Å². The molecule has 5 nitrogen and oxygen atoms in total. The number of hydroxylamine groups is 1. The predicted molar refractivity (Wildman–Crippen MR) is 111 cm³/mol. The SMILES string of the molecule is COc1cc(C=Cc2ccc(O)c(C=[N+]([O-])Cc3ccccc3)c2)ccc1O. The minimum Gasteiger partial charge on any atom is -0.624 e. The van der Waals surface area contributed by atoms with Crippen molar-refractivity contribution in [3.63, 3.8) is 0 Å². The number of methoxy groups -OCH3 is 1. The third kappa shape index (κ3) is 4.92. The lowest BCUT2D eigenvalue weighted by Crippen LogP contribution is -2.05. The van der Waals surface area contributed by atoms with E-state index in [4.69, 9.17) is 4.74 Å². The Labute approximate surface area is 163 Å². The van der Waals surface area contributed by atoms with Gasteiger partial charge in [-0.3, -0.25) is 0 Å². The van der Waals surface area contributed by atoms with Gasteiger partial charge in [0.1, 0.15) is 5.75 Å². The van der Waals surface area contributed by atoms with Crippen LogP contribution in [0.2, 0.25) is 0 Å². The average molecular weight is 375 g/mol. The summed E-state index contributed by atoms with van der Waals surface area (Å²) >= 11 is 0. The smallest absolute Gasteiger partial charge is 0.185 e. The van der Waals surface area contributed by atoms with Crippen LogP contribution in [0.25, 0.3) is 12.2 Å². The third-order valence-electron chi connectivity index (χ3n) is 4.19. The van der Waals surface area contributed by atoms with Crippen molar-refractivity contribution < 1.29 is 19.7 Å². The summed E-state index contributed by atoms with van der Waals surface area (Å²) in [5.41, 5.74) is 3.01. The van der Waals surface area contributed by atoms with Gasteiger partial charge < -0.3 is 20.2 Å². The molecule has 3 rings (SSSR count). The first kappa shape index (κ1) is 19.0. The molecular formula is C23H21NO4. The van der Waals surface area contributed by atoms with Crippen LogP contribution in [-0.2, 0) is 6.54 Å². The number of aromatic hydroxyl groups is 2. The average Bonchev–Trinajstić information content (AvgIpc) is 2.70. The molecule has 0 atom stereocenters. The van der Waals surface area contributed by atoms with E-state index in [-0.39, 0.29) is 18.0 Å². The molecule has 0 spiro atoms. The molecule has 0 heterocycles. The van der Waals surface area contributed by atoms with Gasteiger partial charge in [-0.1, -0.05) is 54.6 Å². The minimum atomic E-state index is 0.0392. The molecule has 0 aliphatic heterocycles. The molecule has 0 amide bonds. The van der Waals surface area contributed by atoms with Crippen LogP contribution in [0.5, 0.6) is 17.2 Å². The lowest BCUT2D eigenvalue weighted by Gasteiger charge is -2.06. The minimum absolute atomic E-state index is 0.0392. The Hall–Kier alpha value is -3.73. The first-order valence-electron chi connectivity index (χ1n) is 8.76. The standard InChI is InChI=1S/C23H21NO4/c1-28-23-14-18(10-12-22(23)26)8-7-17-9-11-21(25)20(13-17)16-24(27)15-19-5-3-2-4-6-19/h2-14,16,25-26H,15H2,1H3. The maximum absolute atomic E-state index is 12.2. The number of phenols is 2. The molecule has 0 fully saturated rings. The molecule has 3 aromatic carbocycles. The fraction of sp³-hybridized carbons (Fsp3) is 0.0870. The van der Waals surface area contributed by atoms with Crippen LogP contribution in [-0.4, -0.2) is 28.3 Å². The van der Waals surface area contributed by atoms with Gasteiger partial charge >= 0.3 is 0 Å². The van der Waals surface area contributed by atoms with Gasteiger partial charge in [0.25, 0.3) is 0 Å². The lowest BCUT2D eigenvalue weighted by molar-refractivity contribution is -0.469. The Kier molecular flexibility index (Phi) is 5.97. The Bertz CT molecular complexity index is 1010. The number of hydrogen-bond acceptors (Lipinski definition) is 4. The Morgan fingerprint density at radius 2 is 1.54 bits per heavy atom. The highest BCUT2D eigenvalue weighted by molar-refractivity contribution is 5.82. The van der Waals surface area contributed by atoms with Crippen molar-refractivity contribution in [1.82, 2.24) is 0 Å². The van der Waals surface area contributed by atoms with Crippen molar-refractivity contribution in [2.45, 2.75) is 6.54 Å². The first-order chi connectivity index (χ1) is 13.5. The second-order valence-electron chi connectivity index (χ2n) is 6.27. The fourth-order valence-corrected chi connectivity index (χ4v) is 2.73. The zero-order chi connectivity index (χ0) is 19.9. The van der Waals surface area contributed by atoms with Gasteiger partial charge in [0.15, 0.2) is 24.3 Å². The Morgan fingerprint density at radius 1 is 0.893 bits per heavy atom. The van der Waals surface area contributed by atoms with E-state index in [9.17, 15) is 15.4 Å². The van der Waals surface area contributed by atoms with E-state index in [1.54, 1.807) is 36.4 Å². The number of rotatable bonds is 6. The van der Waals surface area contributed by atoms with Gasteiger partial charge in [-0.25, -0.2) is 4.74 Å². The molecule has 142 valence electrons. The van der Waals surface area contributed by atoms with E-state index in [0.29, 0.717) is 11.3 Å². The summed E-state index contributed by atoms with van der Waals surface area (Å²) < 4.78 is 5.90. The number of benzene rings is 3. The van der Waals surface area contributed by atoms with Crippen LogP contribution in [0.3, 0.4) is 0 Å². The second-order valence-corrected chi connectivity index (χ2v) is 6.27. The zero-order valence-corrected chi connectivity index (χ0v) is 15.4. The highest BCUT2D eigenvalue weighted by Crippen LogP contribution is 2.27. The summed E-state index contributed by atoms with van der Waals surface area (Å²) in [6.45, 7) is 0.202. The van der Waals surface area contributed by atoms with E-state index >= 15 is 0 Å². The van der Waals surface area contributed by atoms with Crippen LogP contribution < -0.4 is 4.74 Å². The summed E-state index contributed by atoms with van der Waals surface area (Å²) in [5.74, 6) is 0.511. The quantitative estimate of drug-likeness (QED) is 0.220. The lowest BCUT2D eigenvalue weighted by atomic mass is 10.1. The highest BCUT2D eigenvalue weighted by Gasteiger charge is 2.05. The Balaban J connectivity index is 1.80. The van der Waals surface area contributed by atoms with Crippen molar-refractivity contribution in [1.29, 1.82) is 0 Å². The second kappa shape index (κ2) is 8.77. The Morgan fingerprint density at radius 3 is 2.21 bits per heavy atom. The first-order valence-corrected chi connectivity index (χ1v) is 8.76. The number of nitrogens with zero attached hydrogens (tertiary/aromatic N) is 1. The normalized spacial score (nSPS) is 11.7. The largest absolute Gasteiger partial charge is 0.624 e. The molecule has 0 unspecified atom stereocenters. The zero-order valence-electron chi connectivity index (χ0n) is 15.4. The maximum atomic E-state index is 12.2. The van der Waals surface area contributed by atoms with Gasteiger partial charge in [-0.15, -0.1) is 0 Å². The molecule has 0 bridgehead atoms. The van der Waals surface area contributed by atoms with Crippen LogP contribution >= 0.6 is 0 Å². The number of hydrogen-bond donors (Lipinski definition) is 2. The van der Waals surface area contributed by atoms with Gasteiger partial charge in [0.05, 0.1) is 12.7 Å². The number of ether oxygens (including phenoxy) is 1. The van der Waals surface area contributed by atoms with Gasteiger partial charge in [-0.2, -0.15) is 0 Å². The molecule has 0 saturated carbocycles. The highest BCUT2D eigenvalue weighted by atomic mass is 16.5. The van der Waals surface area contributed by atoms with E-state index < -0.39 is 0 Å². The van der Waals surface area contributed by atoms with Crippen molar-refractivity contribution in [2.24, 2.45) is 0 Å². The van der Waals surface area contributed by atoms with Crippen molar-refractivity contribution in [3.8, 4) is 17.2 Å². The molecule has 0 aliphatic rings. The molecule has 0 aliphatic carbocycles. The van der Waals surface area contributed by atoms with Crippen LogP contribution in [0, 0.1) is 5.21 Å². The molecule has 3 aromatic rings. The molecule has 5 heteroatoms. The predicted octanol–water partition coefficient (Wildman–Crippen LogP) is 4.41. The summed E-state index contributed by atoms with van der Waals surface area (Å²) in [6, 6.07) is 19.5. The summed E-state index contributed by atoms with van der Waals surface area (Å²) in [5, 5.41) is 32.0. The summed E-state index contributed by atoms with van der Waals surface area (Å²) in [7, 11) is 1.49. The topological polar surface area (TPSA) is 75.8 Å². The molecule has 28 heavy (non-hydrogen) atoms. The summed E-state index contributed by atoms with van der Waals surface area (Å²) in [6.07, 6.45) is 5.09. The monoisotopic (exact) mass is 375 g/mol. The number of phenolic OH excluding ortho intramolecular Hbond substituents is 2. The van der Waals surface area contributed by atoms with Gasteiger partial charge in [0, 0.05) is 5.56 Å². The van der Waals surface area contributed by atoms with Crippen molar-refractivity contribution in [3.05, 3.63) is 94.2 Å². The van der Waals surface area contributed by atoms with E-state index in [0.717, 1.165) is 21.4 Å². The van der Waals surface area contributed by atoms with Crippen molar-refractivity contribution >= 4 is 18.4 Å². The van der Waals surface area contributed by atoms with E-state index in [2.05, 4.69) is 0 Å². The summed E-state index contributed by atoms with van der Waals surface area (Å²) in [4.78, 5) is 0. The van der Waals surface area contributed by atoms with Crippen molar-refractivity contribution in [2.75, 3.05) is 7.11 Å². The van der Waals surface area contributed by atoms with Crippen LogP contribution in [0.15, 0.2) is 66.7 Å². The van der Waals surface area contributed by atoms with E-state index in [1.807, 2.05) is 42.5 Å². The molecular weight excluding hydrogens is 354 g/mol. The van der Waals surface area contributed by atoms with Gasteiger partial charge in [-0.05, 0) is 35.4 Å². The fourth-order valence-electron chi connectivity index (χ4n) is 2.73. The van der Waals surface area contributed by atoms with Crippen LogP contribution in [0.1, 0.15) is 22.3 Å². The maximum Gasteiger partial charge on any atom is 0.185 e.